The van der Waals surface area contributed by atoms with E-state index >= 15 is 0 Å². The van der Waals surface area contributed by atoms with Crippen LogP contribution >= 0.6 is 0 Å². The van der Waals surface area contributed by atoms with Crippen LogP contribution in [0.5, 0.6) is 0 Å². The third-order valence-electron chi connectivity index (χ3n) is 2.59. The number of hydrogen-bond acceptors (Lipinski definition) is 3. The summed E-state index contributed by atoms with van der Waals surface area (Å²) < 4.78 is 5.58. The Kier molecular flexibility index (Phi) is 7.63. The molecule has 0 amide bonds. The molecular formula is C14H23NO2. The number of ether oxygens (including phenoxy) is 1. The summed E-state index contributed by atoms with van der Waals surface area (Å²) in [5.74, 6) is 0. The zero-order chi connectivity index (χ0) is 12.3. The standard InChI is InChI=1S/C14H23NO2/c1-13(11-16)15-9-5-6-10-17-12-14-7-3-2-4-8-14/h2-4,7-8,13,15-16H,5-6,9-12H2,1H3. The molecule has 0 spiro atoms. The molecule has 3 nitrogen and oxygen atoms in total. The highest BCUT2D eigenvalue weighted by Gasteiger charge is 1.97. The predicted molar refractivity (Wildman–Crippen MR) is 69.9 cm³/mol. The van der Waals surface area contributed by atoms with E-state index in [-0.39, 0.29) is 12.6 Å². The predicted octanol–water partition coefficient (Wildman–Crippen LogP) is 1.95. The van der Waals surface area contributed by atoms with Crippen LogP contribution in [-0.2, 0) is 11.3 Å². The molecule has 0 aliphatic rings. The molecule has 0 fully saturated rings. The molecule has 17 heavy (non-hydrogen) atoms. The van der Waals surface area contributed by atoms with Crippen molar-refractivity contribution in [3.63, 3.8) is 0 Å². The van der Waals surface area contributed by atoms with Gasteiger partial charge in [-0.3, -0.25) is 0 Å². The van der Waals surface area contributed by atoms with Crippen molar-refractivity contribution in [2.75, 3.05) is 19.8 Å². The van der Waals surface area contributed by atoms with Gasteiger partial charge in [-0.2, -0.15) is 0 Å². The Morgan fingerprint density at radius 2 is 2.00 bits per heavy atom. The van der Waals surface area contributed by atoms with Crippen LogP contribution in [0.3, 0.4) is 0 Å². The van der Waals surface area contributed by atoms with Crippen LogP contribution in [-0.4, -0.2) is 30.9 Å². The molecular weight excluding hydrogens is 214 g/mol. The minimum Gasteiger partial charge on any atom is -0.395 e. The summed E-state index contributed by atoms with van der Waals surface area (Å²) in [6, 6.07) is 10.4. The monoisotopic (exact) mass is 237 g/mol. The van der Waals surface area contributed by atoms with Crippen LogP contribution in [0.2, 0.25) is 0 Å². The fourth-order valence-electron chi connectivity index (χ4n) is 1.51. The van der Waals surface area contributed by atoms with Crippen LogP contribution in [0.25, 0.3) is 0 Å². The van der Waals surface area contributed by atoms with Gasteiger partial charge in [0, 0.05) is 12.6 Å². The second-order valence-electron chi connectivity index (χ2n) is 4.28. The first kappa shape index (κ1) is 14.2. The Labute approximate surface area is 104 Å². The van der Waals surface area contributed by atoms with Gasteiger partial charge in [0.05, 0.1) is 13.2 Å². The number of nitrogens with one attached hydrogen (secondary N) is 1. The number of rotatable bonds is 9. The molecule has 0 aromatic heterocycles. The minimum absolute atomic E-state index is 0.195. The molecule has 0 heterocycles. The molecule has 0 aliphatic carbocycles. The number of unbranched alkanes of at least 4 members (excludes halogenated alkanes) is 1. The average molecular weight is 237 g/mol. The van der Waals surface area contributed by atoms with E-state index in [0.29, 0.717) is 6.61 Å². The maximum absolute atomic E-state index is 8.81. The fraction of sp³-hybridized carbons (Fsp3) is 0.571. The Morgan fingerprint density at radius 3 is 2.71 bits per heavy atom. The summed E-state index contributed by atoms with van der Waals surface area (Å²) in [7, 11) is 0. The zero-order valence-electron chi connectivity index (χ0n) is 10.6. The lowest BCUT2D eigenvalue weighted by Crippen LogP contribution is -2.30. The van der Waals surface area contributed by atoms with Gasteiger partial charge in [-0.15, -0.1) is 0 Å². The first-order valence-corrected chi connectivity index (χ1v) is 6.29. The van der Waals surface area contributed by atoms with E-state index in [2.05, 4.69) is 17.4 Å². The number of aliphatic hydroxyl groups excluding tert-OH is 1. The van der Waals surface area contributed by atoms with Gasteiger partial charge in [0.2, 0.25) is 0 Å². The SMILES string of the molecule is CC(CO)NCCCCOCc1ccccc1. The van der Waals surface area contributed by atoms with Gasteiger partial charge >= 0.3 is 0 Å². The molecule has 2 N–H and O–H groups in total. The Balaban J connectivity index is 1.91. The summed E-state index contributed by atoms with van der Waals surface area (Å²) in [5, 5.41) is 12.0. The van der Waals surface area contributed by atoms with Crippen molar-refractivity contribution in [3.05, 3.63) is 35.9 Å². The van der Waals surface area contributed by atoms with Gasteiger partial charge < -0.3 is 15.2 Å². The molecule has 1 atom stereocenters. The van der Waals surface area contributed by atoms with Gasteiger partial charge in [-0.1, -0.05) is 30.3 Å². The summed E-state index contributed by atoms with van der Waals surface area (Å²) in [6.07, 6.45) is 2.14. The molecule has 1 unspecified atom stereocenters. The summed E-state index contributed by atoms with van der Waals surface area (Å²) in [5.41, 5.74) is 1.22. The Bertz CT molecular complexity index is 277. The van der Waals surface area contributed by atoms with E-state index in [1.807, 2.05) is 25.1 Å². The molecule has 1 aromatic carbocycles. The maximum Gasteiger partial charge on any atom is 0.0716 e. The molecule has 0 radical (unpaired) electrons. The van der Waals surface area contributed by atoms with Crippen LogP contribution in [0.4, 0.5) is 0 Å². The first-order valence-electron chi connectivity index (χ1n) is 6.29. The highest BCUT2D eigenvalue weighted by atomic mass is 16.5. The van der Waals surface area contributed by atoms with E-state index in [1.54, 1.807) is 0 Å². The maximum atomic E-state index is 8.81. The molecule has 0 bridgehead atoms. The Hall–Kier alpha value is -0.900. The normalized spacial score (nSPS) is 12.6. The van der Waals surface area contributed by atoms with E-state index in [1.165, 1.54) is 5.56 Å². The molecule has 1 rings (SSSR count). The lowest BCUT2D eigenvalue weighted by atomic mass is 10.2. The highest BCUT2D eigenvalue weighted by Crippen LogP contribution is 2.01. The van der Waals surface area contributed by atoms with Crippen molar-refractivity contribution in [2.24, 2.45) is 0 Å². The van der Waals surface area contributed by atoms with Crippen LogP contribution in [0.1, 0.15) is 25.3 Å². The zero-order valence-corrected chi connectivity index (χ0v) is 10.6. The van der Waals surface area contributed by atoms with Crippen LogP contribution in [0.15, 0.2) is 30.3 Å². The van der Waals surface area contributed by atoms with Crippen molar-refractivity contribution in [1.29, 1.82) is 0 Å². The summed E-state index contributed by atoms with van der Waals surface area (Å²) in [6.45, 7) is 4.61. The highest BCUT2D eigenvalue weighted by molar-refractivity contribution is 5.13. The summed E-state index contributed by atoms with van der Waals surface area (Å²) in [4.78, 5) is 0. The second kappa shape index (κ2) is 9.16. The largest absolute Gasteiger partial charge is 0.395 e. The lowest BCUT2D eigenvalue weighted by molar-refractivity contribution is 0.117. The van der Waals surface area contributed by atoms with Crippen molar-refractivity contribution in [1.82, 2.24) is 5.32 Å². The molecule has 96 valence electrons. The van der Waals surface area contributed by atoms with E-state index < -0.39 is 0 Å². The van der Waals surface area contributed by atoms with Crippen LogP contribution in [0, 0.1) is 0 Å². The quantitative estimate of drug-likeness (QED) is 0.645. The van der Waals surface area contributed by atoms with Crippen molar-refractivity contribution >= 4 is 0 Å². The summed E-state index contributed by atoms with van der Waals surface area (Å²) >= 11 is 0. The molecule has 0 saturated heterocycles. The van der Waals surface area contributed by atoms with Crippen molar-refractivity contribution in [3.8, 4) is 0 Å². The topological polar surface area (TPSA) is 41.5 Å². The van der Waals surface area contributed by atoms with Gasteiger partial charge in [0.15, 0.2) is 0 Å². The number of hydrogen-bond donors (Lipinski definition) is 2. The lowest BCUT2D eigenvalue weighted by Gasteiger charge is -2.10. The Morgan fingerprint density at radius 1 is 1.24 bits per heavy atom. The van der Waals surface area contributed by atoms with Crippen LogP contribution < -0.4 is 5.32 Å². The molecule has 3 heteroatoms. The second-order valence-corrected chi connectivity index (χ2v) is 4.28. The van der Waals surface area contributed by atoms with Crippen molar-refractivity contribution < 1.29 is 9.84 Å². The van der Waals surface area contributed by atoms with E-state index in [9.17, 15) is 0 Å². The van der Waals surface area contributed by atoms with Gasteiger partial charge in [-0.05, 0) is 31.9 Å². The minimum atomic E-state index is 0.195. The molecule has 0 aliphatic heterocycles. The number of aliphatic hydroxyl groups is 1. The van der Waals surface area contributed by atoms with Gasteiger partial charge in [0.25, 0.3) is 0 Å². The van der Waals surface area contributed by atoms with Gasteiger partial charge in [-0.25, -0.2) is 0 Å². The number of benzene rings is 1. The first-order chi connectivity index (χ1) is 8.33. The average Bonchev–Trinajstić information content (AvgIpc) is 2.38. The van der Waals surface area contributed by atoms with E-state index in [0.717, 1.165) is 26.0 Å². The molecule has 0 saturated carbocycles. The van der Waals surface area contributed by atoms with E-state index in [4.69, 9.17) is 9.84 Å². The third kappa shape index (κ3) is 7.10. The fourth-order valence-corrected chi connectivity index (χ4v) is 1.51. The smallest absolute Gasteiger partial charge is 0.0716 e. The molecule has 1 aromatic rings. The third-order valence-corrected chi connectivity index (χ3v) is 2.59. The van der Waals surface area contributed by atoms with Gasteiger partial charge in [0.1, 0.15) is 0 Å². The van der Waals surface area contributed by atoms with Crippen molar-refractivity contribution in [2.45, 2.75) is 32.4 Å².